The SMILES string of the molecule is Cc1nc(C(=O)O)[n+](C(C)C)n1-c1cc(Cl)cc(Cl)c1. The quantitative estimate of drug-likeness (QED) is 0.886. The number of aromatic carboxylic acids is 1. The van der Waals surface area contributed by atoms with Gasteiger partial charge >= 0.3 is 11.8 Å². The van der Waals surface area contributed by atoms with Crippen molar-refractivity contribution in [3.63, 3.8) is 0 Å². The summed E-state index contributed by atoms with van der Waals surface area (Å²) >= 11 is 12.0. The Labute approximate surface area is 126 Å². The maximum atomic E-state index is 11.3. The number of halogens is 2. The third-order valence-electron chi connectivity index (χ3n) is 2.78. The van der Waals surface area contributed by atoms with Crippen molar-refractivity contribution >= 4 is 29.2 Å². The number of carboxylic acids is 1. The highest BCUT2D eigenvalue weighted by atomic mass is 35.5. The summed E-state index contributed by atoms with van der Waals surface area (Å²) in [5.41, 5.74) is 0.675. The molecule has 0 spiro atoms. The predicted molar refractivity (Wildman–Crippen MR) is 75.9 cm³/mol. The summed E-state index contributed by atoms with van der Waals surface area (Å²) in [5.74, 6) is -0.545. The second kappa shape index (κ2) is 5.42. The van der Waals surface area contributed by atoms with Gasteiger partial charge in [-0.05, 0) is 37.0 Å². The van der Waals surface area contributed by atoms with Crippen LogP contribution in [0.2, 0.25) is 10.0 Å². The number of aromatic nitrogens is 3. The molecule has 0 bridgehead atoms. The van der Waals surface area contributed by atoms with Crippen LogP contribution < -0.4 is 4.68 Å². The van der Waals surface area contributed by atoms with Crippen molar-refractivity contribution in [2.24, 2.45) is 0 Å². The number of hydrogen-bond donors (Lipinski definition) is 1. The smallest absolute Gasteiger partial charge is 0.430 e. The molecule has 0 amide bonds. The van der Waals surface area contributed by atoms with Gasteiger partial charge in [0.2, 0.25) is 0 Å². The van der Waals surface area contributed by atoms with Gasteiger partial charge in [0, 0.05) is 17.0 Å². The molecule has 0 aliphatic rings. The van der Waals surface area contributed by atoms with Crippen molar-refractivity contribution in [3.8, 4) is 5.69 Å². The highest BCUT2D eigenvalue weighted by Gasteiger charge is 2.32. The van der Waals surface area contributed by atoms with Crippen molar-refractivity contribution in [1.29, 1.82) is 0 Å². The lowest BCUT2D eigenvalue weighted by Crippen LogP contribution is -2.49. The lowest BCUT2D eigenvalue weighted by atomic mass is 10.3. The Morgan fingerprint density at radius 2 is 1.85 bits per heavy atom. The van der Waals surface area contributed by atoms with Gasteiger partial charge in [-0.15, -0.1) is 9.36 Å². The molecule has 0 saturated heterocycles. The first-order valence-corrected chi connectivity index (χ1v) is 6.77. The number of benzene rings is 1. The molecule has 1 N–H and O–H groups in total. The van der Waals surface area contributed by atoms with Crippen molar-refractivity contribution < 1.29 is 14.6 Å². The summed E-state index contributed by atoms with van der Waals surface area (Å²) in [6, 6.07) is 4.97. The molecule has 2 rings (SSSR count). The van der Waals surface area contributed by atoms with E-state index in [0.717, 1.165) is 0 Å². The van der Waals surface area contributed by atoms with Gasteiger partial charge in [0.15, 0.2) is 0 Å². The summed E-state index contributed by atoms with van der Waals surface area (Å²) < 4.78 is 3.30. The highest BCUT2D eigenvalue weighted by molar-refractivity contribution is 6.34. The topological polar surface area (TPSA) is 59.0 Å². The maximum absolute atomic E-state index is 11.3. The zero-order valence-corrected chi connectivity index (χ0v) is 12.8. The van der Waals surface area contributed by atoms with Crippen LogP contribution in [0.3, 0.4) is 0 Å². The molecule has 0 unspecified atom stereocenters. The van der Waals surface area contributed by atoms with Gasteiger partial charge in [0.25, 0.3) is 5.82 Å². The summed E-state index contributed by atoms with van der Waals surface area (Å²) in [7, 11) is 0. The van der Waals surface area contributed by atoms with E-state index in [9.17, 15) is 9.90 Å². The van der Waals surface area contributed by atoms with Crippen LogP contribution >= 0.6 is 23.2 Å². The molecule has 2 aromatic rings. The molecule has 0 aliphatic carbocycles. The Kier molecular flexibility index (Phi) is 4.01. The van der Waals surface area contributed by atoms with E-state index in [4.69, 9.17) is 23.2 Å². The molecule has 5 nitrogen and oxygen atoms in total. The number of nitrogens with zero attached hydrogens (tertiary/aromatic N) is 3. The van der Waals surface area contributed by atoms with Crippen LogP contribution in [0.5, 0.6) is 0 Å². The van der Waals surface area contributed by atoms with Crippen LogP contribution in [0.1, 0.15) is 36.3 Å². The van der Waals surface area contributed by atoms with Gasteiger partial charge in [-0.2, -0.15) is 0 Å². The van der Waals surface area contributed by atoms with Crippen molar-refractivity contribution in [2.45, 2.75) is 26.8 Å². The third kappa shape index (κ3) is 2.64. The minimum atomic E-state index is -1.08. The summed E-state index contributed by atoms with van der Waals surface area (Å²) in [6.45, 7) is 5.51. The Balaban J connectivity index is 2.76. The molecule has 0 radical (unpaired) electrons. The maximum Gasteiger partial charge on any atom is 0.430 e. The first-order valence-electron chi connectivity index (χ1n) is 6.02. The lowest BCUT2D eigenvalue weighted by molar-refractivity contribution is -0.787. The van der Waals surface area contributed by atoms with Crippen LogP contribution in [-0.2, 0) is 0 Å². The third-order valence-corrected chi connectivity index (χ3v) is 3.22. The first-order chi connectivity index (χ1) is 9.31. The van der Waals surface area contributed by atoms with E-state index >= 15 is 0 Å². The second-order valence-corrected chi connectivity index (χ2v) is 5.54. The molecular formula is C13H14Cl2N3O2+. The van der Waals surface area contributed by atoms with Crippen molar-refractivity contribution in [3.05, 3.63) is 39.9 Å². The van der Waals surface area contributed by atoms with Gasteiger partial charge in [0.1, 0.15) is 6.04 Å². The van der Waals surface area contributed by atoms with Gasteiger partial charge in [-0.25, -0.2) is 4.79 Å². The van der Waals surface area contributed by atoms with Crippen LogP contribution in [0, 0.1) is 6.92 Å². The van der Waals surface area contributed by atoms with Crippen molar-refractivity contribution in [2.75, 3.05) is 0 Å². The lowest BCUT2D eigenvalue weighted by Gasteiger charge is -2.10. The average molecular weight is 315 g/mol. The average Bonchev–Trinajstić information content (AvgIpc) is 2.65. The minimum absolute atomic E-state index is 0.0198. The van der Waals surface area contributed by atoms with Crippen LogP contribution in [-0.4, -0.2) is 20.7 Å². The van der Waals surface area contributed by atoms with E-state index in [1.165, 1.54) is 0 Å². The molecule has 1 aromatic heterocycles. The Hall–Kier alpha value is -1.59. The Bertz CT molecular complexity index is 660. The molecule has 0 aliphatic heterocycles. The number of hydrogen-bond acceptors (Lipinski definition) is 2. The van der Waals surface area contributed by atoms with Crippen LogP contribution in [0.15, 0.2) is 18.2 Å². The predicted octanol–water partition coefficient (Wildman–Crippen LogP) is 3.05. The standard InChI is InChI=1S/C13H13Cl2N3O2/c1-7(2)17-12(13(19)20)16-8(3)18(17)11-5-9(14)4-10(15)6-11/h4-7H,1-3H3/p+1. The van der Waals surface area contributed by atoms with Crippen LogP contribution in [0.25, 0.3) is 5.69 Å². The zero-order valence-electron chi connectivity index (χ0n) is 11.3. The monoisotopic (exact) mass is 314 g/mol. The van der Waals surface area contributed by atoms with Gasteiger partial charge in [0.05, 0.1) is 5.69 Å². The minimum Gasteiger partial charge on any atom is -0.472 e. The normalized spacial score (nSPS) is 11.1. The molecule has 0 saturated carbocycles. The van der Waals surface area contributed by atoms with E-state index in [1.54, 1.807) is 34.5 Å². The zero-order chi connectivity index (χ0) is 15.0. The Morgan fingerprint density at radius 3 is 2.30 bits per heavy atom. The molecule has 0 atom stereocenters. The van der Waals surface area contributed by atoms with E-state index < -0.39 is 5.97 Å². The Morgan fingerprint density at radius 1 is 1.30 bits per heavy atom. The first kappa shape index (κ1) is 14.8. The molecule has 7 heteroatoms. The number of rotatable bonds is 3. The number of carbonyl (C=O) groups is 1. The van der Waals surface area contributed by atoms with Gasteiger partial charge in [-0.3, -0.25) is 0 Å². The summed E-state index contributed by atoms with van der Waals surface area (Å²) in [5, 5.41) is 10.2. The fourth-order valence-electron chi connectivity index (χ4n) is 2.10. The van der Waals surface area contributed by atoms with Crippen LogP contribution in [0.4, 0.5) is 0 Å². The van der Waals surface area contributed by atoms with Gasteiger partial charge in [-0.1, -0.05) is 23.2 Å². The largest absolute Gasteiger partial charge is 0.472 e. The molecule has 106 valence electrons. The second-order valence-electron chi connectivity index (χ2n) is 4.67. The fraction of sp³-hybridized carbons (Fsp3) is 0.308. The molecule has 1 heterocycles. The molecular weight excluding hydrogens is 301 g/mol. The van der Waals surface area contributed by atoms with Crippen molar-refractivity contribution in [1.82, 2.24) is 9.67 Å². The van der Waals surface area contributed by atoms with E-state index in [2.05, 4.69) is 4.98 Å². The number of carboxylic acid groups (broad SMARTS) is 1. The van der Waals surface area contributed by atoms with E-state index in [-0.39, 0.29) is 11.9 Å². The number of aryl methyl sites for hydroxylation is 1. The van der Waals surface area contributed by atoms with Gasteiger partial charge < -0.3 is 5.11 Å². The summed E-state index contributed by atoms with van der Waals surface area (Å²) in [4.78, 5) is 15.4. The molecule has 20 heavy (non-hydrogen) atoms. The fourth-order valence-corrected chi connectivity index (χ4v) is 2.61. The molecule has 0 fully saturated rings. The van der Waals surface area contributed by atoms with E-state index in [0.29, 0.717) is 21.6 Å². The summed E-state index contributed by atoms with van der Waals surface area (Å²) in [6.07, 6.45) is 0. The highest BCUT2D eigenvalue weighted by Crippen LogP contribution is 2.22. The van der Waals surface area contributed by atoms with E-state index in [1.807, 2.05) is 13.8 Å². The molecule has 1 aromatic carbocycles.